The highest BCUT2D eigenvalue weighted by atomic mass is 16.5. The molecule has 0 spiro atoms. The zero-order chi connectivity index (χ0) is 18.8. The number of carbonyl (C=O) groups is 1. The predicted octanol–water partition coefficient (Wildman–Crippen LogP) is 0.880. The third-order valence-electron chi connectivity index (χ3n) is 5.06. The highest BCUT2D eigenvalue weighted by Gasteiger charge is 2.27. The molecule has 27 heavy (non-hydrogen) atoms. The minimum atomic E-state index is -0.0115. The fourth-order valence-corrected chi connectivity index (χ4v) is 3.52. The van der Waals surface area contributed by atoms with Crippen molar-refractivity contribution >= 4 is 17.7 Å². The Labute approximate surface area is 157 Å². The summed E-state index contributed by atoms with van der Waals surface area (Å²) in [7, 11) is 0. The van der Waals surface area contributed by atoms with Gasteiger partial charge in [-0.2, -0.15) is 4.98 Å². The number of carbonyl (C=O) groups excluding carboxylic acids is 1. The zero-order valence-electron chi connectivity index (χ0n) is 15.7. The standard InChI is InChI=1S/C18H24N6O3/c1-13-16(14(2)27-21-13)17(25)23-7-5-22(6-8-23)15-3-4-19-18(20-15)24-9-11-26-12-10-24/h3-4H,5-12H2,1-2H3. The van der Waals surface area contributed by atoms with E-state index < -0.39 is 0 Å². The first kappa shape index (κ1) is 17.7. The lowest BCUT2D eigenvalue weighted by atomic mass is 10.1. The highest BCUT2D eigenvalue weighted by molar-refractivity contribution is 5.96. The van der Waals surface area contributed by atoms with E-state index in [2.05, 4.69) is 19.9 Å². The summed E-state index contributed by atoms with van der Waals surface area (Å²) >= 11 is 0. The fourth-order valence-electron chi connectivity index (χ4n) is 3.52. The Morgan fingerprint density at radius 2 is 1.78 bits per heavy atom. The lowest BCUT2D eigenvalue weighted by molar-refractivity contribution is 0.0744. The number of hydrogen-bond donors (Lipinski definition) is 0. The lowest BCUT2D eigenvalue weighted by Crippen LogP contribution is -2.49. The maximum atomic E-state index is 12.8. The van der Waals surface area contributed by atoms with Crippen molar-refractivity contribution in [1.82, 2.24) is 20.0 Å². The van der Waals surface area contributed by atoms with Crippen LogP contribution in [0.25, 0.3) is 0 Å². The maximum Gasteiger partial charge on any atom is 0.259 e. The Hall–Kier alpha value is -2.68. The molecule has 0 aromatic carbocycles. The molecular formula is C18H24N6O3. The van der Waals surface area contributed by atoms with E-state index in [-0.39, 0.29) is 5.91 Å². The third kappa shape index (κ3) is 3.59. The average molecular weight is 372 g/mol. The largest absolute Gasteiger partial charge is 0.378 e. The van der Waals surface area contributed by atoms with Gasteiger partial charge in [0, 0.05) is 45.5 Å². The summed E-state index contributed by atoms with van der Waals surface area (Å²) < 4.78 is 10.5. The fraction of sp³-hybridized carbons (Fsp3) is 0.556. The summed E-state index contributed by atoms with van der Waals surface area (Å²) in [6, 6.07) is 1.93. The van der Waals surface area contributed by atoms with Gasteiger partial charge in [0.05, 0.1) is 18.9 Å². The van der Waals surface area contributed by atoms with Gasteiger partial charge in [-0.15, -0.1) is 0 Å². The molecule has 0 bridgehead atoms. The van der Waals surface area contributed by atoms with E-state index >= 15 is 0 Å². The zero-order valence-corrected chi connectivity index (χ0v) is 15.7. The van der Waals surface area contributed by atoms with E-state index in [0.717, 1.165) is 37.9 Å². The molecule has 0 aliphatic carbocycles. The maximum absolute atomic E-state index is 12.8. The van der Waals surface area contributed by atoms with Crippen LogP contribution in [0.5, 0.6) is 0 Å². The van der Waals surface area contributed by atoms with Crippen LogP contribution >= 0.6 is 0 Å². The van der Waals surface area contributed by atoms with Gasteiger partial charge in [-0.25, -0.2) is 4.98 Å². The molecule has 4 rings (SSSR count). The van der Waals surface area contributed by atoms with E-state index in [1.54, 1.807) is 20.0 Å². The second-order valence-corrected chi connectivity index (χ2v) is 6.79. The Bertz CT molecular complexity index is 790. The minimum absolute atomic E-state index is 0.0115. The Morgan fingerprint density at radius 3 is 2.44 bits per heavy atom. The lowest BCUT2D eigenvalue weighted by Gasteiger charge is -2.35. The van der Waals surface area contributed by atoms with Gasteiger partial charge in [-0.05, 0) is 19.9 Å². The second kappa shape index (κ2) is 7.51. The van der Waals surface area contributed by atoms with Crippen molar-refractivity contribution < 1.29 is 14.1 Å². The number of piperazine rings is 1. The van der Waals surface area contributed by atoms with Gasteiger partial charge in [0.1, 0.15) is 17.1 Å². The van der Waals surface area contributed by atoms with Crippen LogP contribution in [0.4, 0.5) is 11.8 Å². The van der Waals surface area contributed by atoms with Gasteiger partial charge >= 0.3 is 0 Å². The Balaban J connectivity index is 1.41. The van der Waals surface area contributed by atoms with E-state index in [4.69, 9.17) is 14.2 Å². The molecule has 0 unspecified atom stereocenters. The molecule has 2 aromatic rings. The number of nitrogens with zero attached hydrogens (tertiary/aromatic N) is 6. The van der Waals surface area contributed by atoms with Gasteiger partial charge in [0.2, 0.25) is 5.95 Å². The quantitative estimate of drug-likeness (QED) is 0.785. The smallest absolute Gasteiger partial charge is 0.259 e. The number of aryl methyl sites for hydroxylation is 2. The van der Waals surface area contributed by atoms with Gasteiger partial charge in [0.15, 0.2) is 0 Å². The first-order chi connectivity index (χ1) is 13.1. The van der Waals surface area contributed by atoms with Gasteiger partial charge in [0.25, 0.3) is 5.91 Å². The van der Waals surface area contributed by atoms with Crippen molar-refractivity contribution in [2.75, 3.05) is 62.3 Å². The van der Waals surface area contributed by atoms with Crippen LogP contribution < -0.4 is 9.80 Å². The molecule has 2 aliphatic rings. The summed E-state index contributed by atoms with van der Waals surface area (Å²) in [5, 5.41) is 3.89. The summed E-state index contributed by atoms with van der Waals surface area (Å²) in [6.07, 6.45) is 1.80. The van der Waals surface area contributed by atoms with Crippen molar-refractivity contribution in [3.63, 3.8) is 0 Å². The molecule has 0 N–H and O–H groups in total. The Kier molecular flexibility index (Phi) is 4.93. The molecular weight excluding hydrogens is 348 g/mol. The van der Waals surface area contributed by atoms with Crippen LogP contribution in [0, 0.1) is 13.8 Å². The van der Waals surface area contributed by atoms with Crippen molar-refractivity contribution in [3.8, 4) is 0 Å². The van der Waals surface area contributed by atoms with Gasteiger partial charge in [-0.1, -0.05) is 5.16 Å². The summed E-state index contributed by atoms with van der Waals surface area (Å²) in [4.78, 5) is 28.1. The van der Waals surface area contributed by atoms with Crippen LogP contribution in [-0.4, -0.2) is 78.4 Å². The molecule has 9 heteroatoms. The SMILES string of the molecule is Cc1noc(C)c1C(=O)N1CCN(c2ccnc(N3CCOCC3)n2)CC1. The van der Waals surface area contributed by atoms with Gasteiger partial charge in [-0.3, -0.25) is 4.79 Å². The van der Waals surface area contributed by atoms with E-state index in [0.29, 0.717) is 43.3 Å². The van der Waals surface area contributed by atoms with Gasteiger partial charge < -0.3 is 24.0 Å². The second-order valence-electron chi connectivity index (χ2n) is 6.79. The van der Waals surface area contributed by atoms with Crippen LogP contribution in [0.2, 0.25) is 0 Å². The topological polar surface area (TPSA) is 87.8 Å². The highest BCUT2D eigenvalue weighted by Crippen LogP contribution is 2.20. The minimum Gasteiger partial charge on any atom is -0.378 e. The number of amides is 1. The third-order valence-corrected chi connectivity index (χ3v) is 5.06. The molecule has 2 saturated heterocycles. The normalized spacial score (nSPS) is 18.1. The Morgan fingerprint density at radius 1 is 1.04 bits per heavy atom. The molecule has 2 fully saturated rings. The van der Waals surface area contributed by atoms with Crippen LogP contribution in [0.3, 0.4) is 0 Å². The van der Waals surface area contributed by atoms with Crippen LogP contribution in [-0.2, 0) is 4.74 Å². The summed E-state index contributed by atoms with van der Waals surface area (Å²) in [5.41, 5.74) is 1.23. The van der Waals surface area contributed by atoms with Crippen molar-refractivity contribution in [2.24, 2.45) is 0 Å². The number of aromatic nitrogens is 3. The number of anilines is 2. The van der Waals surface area contributed by atoms with E-state index in [1.165, 1.54) is 0 Å². The molecule has 9 nitrogen and oxygen atoms in total. The molecule has 144 valence electrons. The summed E-state index contributed by atoms with van der Waals surface area (Å²) in [5.74, 6) is 2.20. The van der Waals surface area contributed by atoms with Crippen LogP contribution in [0.15, 0.2) is 16.8 Å². The van der Waals surface area contributed by atoms with Crippen LogP contribution in [0.1, 0.15) is 21.8 Å². The molecule has 4 heterocycles. The monoisotopic (exact) mass is 372 g/mol. The first-order valence-electron chi connectivity index (χ1n) is 9.26. The predicted molar refractivity (Wildman–Crippen MR) is 99.2 cm³/mol. The molecule has 1 amide bonds. The van der Waals surface area contributed by atoms with Crippen molar-refractivity contribution in [1.29, 1.82) is 0 Å². The molecule has 0 saturated carbocycles. The van der Waals surface area contributed by atoms with E-state index in [9.17, 15) is 4.79 Å². The molecule has 2 aliphatic heterocycles. The molecule has 0 radical (unpaired) electrons. The van der Waals surface area contributed by atoms with E-state index in [1.807, 2.05) is 11.0 Å². The number of morpholine rings is 1. The van der Waals surface area contributed by atoms with Crippen molar-refractivity contribution in [3.05, 3.63) is 29.3 Å². The van der Waals surface area contributed by atoms with Crippen molar-refractivity contribution in [2.45, 2.75) is 13.8 Å². The average Bonchev–Trinajstić information content (AvgIpc) is 3.06. The number of rotatable bonds is 3. The number of ether oxygens (including phenoxy) is 1. The first-order valence-corrected chi connectivity index (χ1v) is 9.26. The summed E-state index contributed by atoms with van der Waals surface area (Å²) in [6.45, 7) is 9.34. The number of hydrogen-bond acceptors (Lipinski definition) is 8. The molecule has 0 atom stereocenters. The molecule has 2 aromatic heterocycles.